The zero-order chi connectivity index (χ0) is 12.1. The molecule has 2 aromatic carbocycles. The monoisotopic (exact) mass is 292 g/mol. The van der Waals surface area contributed by atoms with E-state index in [-0.39, 0.29) is 6.61 Å². The predicted octanol–water partition coefficient (Wildman–Crippen LogP) is 3.52. The summed E-state index contributed by atoms with van der Waals surface area (Å²) in [7, 11) is 0. The van der Waals surface area contributed by atoms with Crippen molar-refractivity contribution in [2.45, 2.75) is 13.2 Å². The summed E-state index contributed by atoms with van der Waals surface area (Å²) in [5, 5.41) is 9.14. The minimum atomic E-state index is 0.00310. The molecule has 0 saturated heterocycles. The molecule has 0 aliphatic heterocycles. The first-order valence-corrected chi connectivity index (χ1v) is 6.15. The molecule has 17 heavy (non-hydrogen) atoms. The normalized spacial score (nSPS) is 10.2. The van der Waals surface area contributed by atoms with Gasteiger partial charge in [-0.05, 0) is 29.3 Å². The van der Waals surface area contributed by atoms with Crippen molar-refractivity contribution >= 4 is 15.9 Å². The summed E-state index contributed by atoms with van der Waals surface area (Å²) in [6.45, 7) is 0.538. The number of aliphatic hydroxyl groups is 1. The molecule has 0 fully saturated rings. The van der Waals surface area contributed by atoms with Gasteiger partial charge in [0.15, 0.2) is 0 Å². The van der Waals surface area contributed by atoms with Gasteiger partial charge in [0.05, 0.1) is 6.61 Å². The Morgan fingerprint density at radius 3 is 2.53 bits per heavy atom. The van der Waals surface area contributed by atoms with Gasteiger partial charge in [-0.1, -0.05) is 46.3 Å². The molecule has 1 N–H and O–H groups in total. The van der Waals surface area contributed by atoms with E-state index in [1.165, 1.54) is 0 Å². The number of ether oxygens (including phenoxy) is 1. The molecule has 0 aliphatic carbocycles. The fourth-order valence-corrected chi connectivity index (χ4v) is 1.87. The number of benzene rings is 2. The second-order valence-electron chi connectivity index (χ2n) is 3.69. The Morgan fingerprint density at radius 2 is 1.82 bits per heavy atom. The van der Waals surface area contributed by atoms with Crippen LogP contribution in [0.3, 0.4) is 0 Å². The smallest absolute Gasteiger partial charge is 0.120 e. The largest absolute Gasteiger partial charge is 0.489 e. The van der Waals surface area contributed by atoms with Gasteiger partial charge in [0.2, 0.25) is 0 Å². The number of halogens is 1. The molecule has 3 heteroatoms. The van der Waals surface area contributed by atoms with Crippen molar-refractivity contribution in [3.63, 3.8) is 0 Å². The molecule has 0 atom stereocenters. The van der Waals surface area contributed by atoms with Crippen molar-refractivity contribution in [2.24, 2.45) is 0 Å². The highest BCUT2D eigenvalue weighted by atomic mass is 79.9. The summed E-state index contributed by atoms with van der Waals surface area (Å²) < 4.78 is 6.55. The molecule has 2 nitrogen and oxygen atoms in total. The zero-order valence-corrected chi connectivity index (χ0v) is 10.9. The SMILES string of the molecule is OCc1cc(OCc2ccccc2)ccc1Br. The average Bonchev–Trinajstić information content (AvgIpc) is 2.39. The Kier molecular flexibility index (Phi) is 4.18. The summed E-state index contributed by atoms with van der Waals surface area (Å²) in [5.41, 5.74) is 1.96. The maximum Gasteiger partial charge on any atom is 0.120 e. The summed E-state index contributed by atoms with van der Waals surface area (Å²) in [4.78, 5) is 0. The molecule has 2 aromatic rings. The summed E-state index contributed by atoms with van der Waals surface area (Å²) in [6.07, 6.45) is 0. The van der Waals surface area contributed by atoms with Gasteiger partial charge in [-0.3, -0.25) is 0 Å². The van der Waals surface area contributed by atoms with Crippen molar-refractivity contribution in [1.29, 1.82) is 0 Å². The van der Waals surface area contributed by atoms with Crippen molar-refractivity contribution < 1.29 is 9.84 Å². The topological polar surface area (TPSA) is 29.5 Å². The predicted molar refractivity (Wildman–Crippen MR) is 70.8 cm³/mol. The summed E-state index contributed by atoms with van der Waals surface area (Å²) in [6, 6.07) is 15.6. The van der Waals surface area contributed by atoms with Crippen LogP contribution < -0.4 is 4.74 Å². The third-order valence-corrected chi connectivity index (χ3v) is 3.21. The van der Waals surface area contributed by atoms with Crippen molar-refractivity contribution in [1.82, 2.24) is 0 Å². The van der Waals surface area contributed by atoms with E-state index in [2.05, 4.69) is 15.9 Å². The lowest BCUT2D eigenvalue weighted by Crippen LogP contribution is -1.96. The molecule has 88 valence electrons. The van der Waals surface area contributed by atoms with E-state index < -0.39 is 0 Å². The van der Waals surface area contributed by atoms with Crippen LogP contribution in [0.2, 0.25) is 0 Å². The molecule has 0 heterocycles. The maximum absolute atomic E-state index is 9.14. The van der Waals surface area contributed by atoms with Gasteiger partial charge in [0, 0.05) is 4.47 Å². The van der Waals surface area contributed by atoms with Gasteiger partial charge in [0.1, 0.15) is 12.4 Å². The van der Waals surface area contributed by atoms with Gasteiger partial charge in [-0.2, -0.15) is 0 Å². The third kappa shape index (κ3) is 3.32. The van der Waals surface area contributed by atoms with Crippen LogP contribution in [0.1, 0.15) is 11.1 Å². The van der Waals surface area contributed by atoms with Crippen LogP contribution in [0, 0.1) is 0 Å². The molecule has 2 rings (SSSR count). The van der Waals surface area contributed by atoms with Gasteiger partial charge < -0.3 is 9.84 Å². The molecular formula is C14H13BrO2. The third-order valence-electron chi connectivity index (χ3n) is 2.44. The van der Waals surface area contributed by atoms with E-state index in [0.29, 0.717) is 6.61 Å². The van der Waals surface area contributed by atoms with Gasteiger partial charge in [-0.15, -0.1) is 0 Å². The van der Waals surface area contributed by atoms with E-state index >= 15 is 0 Å². The minimum Gasteiger partial charge on any atom is -0.489 e. The number of hydrogen-bond acceptors (Lipinski definition) is 2. The average molecular weight is 293 g/mol. The van der Waals surface area contributed by atoms with E-state index in [0.717, 1.165) is 21.3 Å². The van der Waals surface area contributed by atoms with Gasteiger partial charge in [-0.25, -0.2) is 0 Å². The lowest BCUT2D eigenvalue weighted by molar-refractivity contribution is 0.277. The van der Waals surface area contributed by atoms with Gasteiger partial charge >= 0.3 is 0 Å². The number of aliphatic hydroxyl groups excluding tert-OH is 1. The van der Waals surface area contributed by atoms with Gasteiger partial charge in [0.25, 0.3) is 0 Å². The fourth-order valence-electron chi connectivity index (χ4n) is 1.50. The van der Waals surface area contributed by atoms with Crippen LogP contribution in [0.4, 0.5) is 0 Å². The lowest BCUT2D eigenvalue weighted by atomic mass is 10.2. The first-order chi connectivity index (χ1) is 8.29. The number of rotatable bonds is 4. The van der Waals surface area contributed by atoms with Crippen molar-refractivity contribution in [3.05, 3.63) is 64.1 Å². The highest BCUT2D eigenvalue weighted by molar-refractivity contribution is 9.10. The van der Waals surface area contributed by atoms with E-state index in [1.54, 1.807) is 0 Å². The van der Waals surface area contributed by atoms with Crippen LogP contribution in [0.25, 0.3) is 0 Å². The Bertz CT molecular complexity index is 483. The first kappa shape index (κ1) is 12.1. The first-order valence-electron chi connectivity index (χ1n) is 5.35. The summed E-state index contributed by atoms with van der Waals surface area (Å²) in [5.74, 6) is 0.765. The second kappa shape index (κ2) is 5.84. The van der Waals surface area contributed by atoms with Crippen LogP contribution in [0.5, 0.6) is 5.75 Å². The Hall–Kier alpha value is -1.32. The highest BCUT2D eigenvalue weighted by Crippen LogP contribution is 2.23. The molecule has 0 saturated carbocycles. The van der Waals surface area contributed by atoms with Crippen molar-refractivity contribution in [3.8, 4) is 5.75 Å². The summed E-state index contributed by atoms with van der Waals surface area (Å²) >= 11 is 3.37. The molecule has 0 unspecified atom stereocenters. The van der Waals surface area contributed by atoms with E-state index in [9.17, 15) is 0 Å². The quantitative estimate of drug-likeness (QED) is 0.934. The molecule has 0 aromatic heterocycles. The van der Waals surface area contributed by atoms with E-state index in [1.807, 2.05) is 48.5 Å². The minimum absolute atomic E-state index is 0.00310. The Morgan fingerprint density at radius 1 is 1.06 bits per heavy atom. The van der Waals surface area contributed by atoms with Crippen molar-refractivity contribution in [2.75, 3.05) is 0 Å². The second-order valence-corrected chi connectivity index (χ2v) is 4.54. The fraction of sp³-hybridized carbons (Fsp3) is 0.143. The standard InChI is InChI=1S/C14H13BrO2/c15-14-7-6-13(8-12(14)9-16)17-10-11-4-2-1-3-5-11/h1-8,16H,9-10H2. The Balaban J connectivity index is 2.04. The molecule has 0 amide bonds. The molecule has 0 radical (unpaired) electrons. The molecule has 0 spiro atoms. The highest BCUT2D eigenvalue weighted by Gasteiger charge is 2.01. The molecular weight excluding hydrogens is 280 g/mol. The molecule has 0 bridgehead atoms. The number of hydrogen-bond donors (Lipinski definition) is 1. The molecule has 0 aliphatic rings. The van der Waals surface area contributed by atoms with Crippen LogP contribution in [0.15, 0.2) is 53.0 Å². The van der Waals surface area contributed by atoms with Crippen LogP contribution >= 0.6 is 15.9 Å². The maximum atomic E-state index is 9.14. The van der Waals surface area contributed by atoms with Crippen LogP contribution in [-0.4, -0.2) is 5.11 Å². The zero-order valence-electron chi connectivity index (χ0n) is 9.27. The lowest BCUT2D eigenvalue weighted by Gasteiger charge is -2.08. The van der Waals surface area contributed by atoms with Crippen LogP contribution in [-0.2, 0) is 13.2 Å². The van der Waals surface area contributed by atoms with E-state index in [4.69, 9.17) is 9.84 Å². The Labute approximate surface area is 109 Å².